The second-order valence-corrected chi connectivity index (χ2v) is 4.90. The predicted molar refractivity (Wildman–Crippen MR) is 75.7 cm³/mol. The number of hydrogen-bond acceptors (Lipinski definition) is 4. The fourth-order valence-electron chi connectivity index (χ4n) is 2.02. The van der Waals surface area contributed by atoms with Crippen LogP contribution in [0.4, 0.5) is 0 Å². The van der Waals surface area contributed by atoms with Crippen LogP contribution in [0.1, 0.15) is 15.9 Å². The van der Waals surface area contributed by atoms with Crippen molar-refractivity contribution < 1.29 is 9.90 Å². The number of nitrogens with zero attached hydrogens (tertiary/aromatic N) is 3. The fourth-order valence-corrected chi connectivity index (χ4v) is 2.19. The summed E-state index contributed by atoms with van der Waals surface area (Å²) in [5, 5.41) is 19.2. The Morgan fingerprint density at radius 2 is 1.95 bits per heavy atom. The number of aromatic hydroxyl groups is 1. The van der Waals surface area contributed by atoms with E-state index < -0.39 is 0 Å². The average molecular weight is 288 g/mol. The van der Waals surface area contributed by atoms with Crippen LogP contribution in [-0.4, -0.2) is 26.4 Å². The minimum atomic E-state index is -0.142. The Labute approximate surface area is 119 Å². The molecule has 0 aliphatic rings. The molecule has 0 aliphatic carbocycles. The maximum Gasteiger partial charge on any atom is 0.153 e. The summed E-state index contributed by atoms with van der Waals surface area (Å²) in [6, 6.07) is 8.47. The Balaban J connectivity index is 2.25. The van der Waals surface area contributed by atoms with Gasteiger partial charge in [-0.15, -0.1) is 15.0 Å². The van der Waals surface area contributed by atoms with Crippen LogP contribution in [0.3, 0.4) is 0 Å². The number of rotatable bonds is 2. The average Bonchev–Trinajstić information content (AvgIpc) is 2.83. The van der Waals surface area contributed by atoms with Crippen LogP contribution in [0.5, 0.6) is 5.75 Å². The molecule has 0 amide bonds. The van der Waals surface area contributed by atoms with Gasteiger partial charge in [-0.2, -0.15) is 0 Å². The summed E-state index contributed by atoms with van der Waals surface area (Å²) in [5.41, 5.74) is 2.67. The number of halogens is 1. The van der Waals surface area contributed by atoms with Crippen LogP contribution in [0.25, 0.3) is 16.7 Å². The van der Waals surface area contributed by atoms with Crippen LogP contribution in [0, 0.1) is 6.92 Å². The van der Waals surface area contributed by atoms with Gasteiger partial charge in [-0.05, 0) is 42.8 Å². The van der Waals surface area contributed by atoms with Gasteiger partial charge in [0.2, 0.25) is 0 Å². The highest BCUT2D eigenvalue weighted by Crippen LogP contribution is 2.27. The Hall–Kier alpha value is -2.40. The van der Waals surface area contributed by atoms with Crippen molar-refractivity contribution in [1.82, 2.24) is 15.0 Å². The third-order valence-electron chi connectivity index (χ3n) is 2.95. The number of hydrogen-bond donors (Lipinski definition) is 1. The number of phenolic OH excluding ortho intramolecular Hbond substituents is 1. The number of phenols is 1. The van der Waals surface area contributed by atoms with Crippen molar-refractivity contribution in [3.63, 3.8) is 0 Å². The molecule has 2 aromatic carbocycles. The van der Waals surface area contributed by atoms with Crippen LogP contribution in [-0.2, 0) is 0 Å². The lowest BCUT2D eigenvalue weighted by Crippen LogP contribution is -2.01. The number of carbonyl (C=O) groups is 1. The first-order valence-electron chi connectivity index (χ1n) is 5.90. The molecule has 100 valence electrons. The lowest BCUT2D eigenvalue weighted by molar-refractivity contribution is 0.112. The van der Waals surface area contributed by atoms with Crippen molar-refractivity contribution in [1.29, 1.82) is 0 Å². The number of aldehydes is 1. The molecule has 5 nitrogen and oxygen atoms in total. The van der Waals surface area contributed by atoms with Gasteiger partial charge < -0.3 is 5.11 Å². The molecule has 3 aromatic rings. The number of aryl methyl sites for hydroxylation is 1. The molecule has 20 heavy (non-hydrogen) atoms. The molecular formula is C14H10ClN3O2. The molecule has 1 aromatic heterocycles. The maximum atomic E-state index is 11.0. The molecule has 0 atom stereocenters. The van der Waals surface area contributed by atoms with Gasteiger partial charge in [-0.3, -0.25) is 4.79 Å². The fraction of sp³-hybridized carbons (Fsp3) is 0.0714. The van der Waals surface area contributed by atoms with Crippen LogP contribution in [0.15, 0.2) is 30.3 Å². The third kappa shape index (κ3) is 2.02. The molecule has 0 unspecified atom stereocenters. The Morgan fingerprint density at radius 1 is 1.20 bits per heavy atom. The van der Waals surface area contributed by atoms with Crippen molar-refractivity contribution in [3.8, 4) is 11.4 Å². The summed E-state index contributed by atoms with van der Waals surface area (Å²) in [5.74, 6) is -0.142. The van der Waals surface area contributed by atoms with Crippen LogP contribution in [0.2, 0.25) is 5.02 Å². The molecule has 0 radical (unpaired) electrons. The lowest BCUT2D eigenvalue weighted by atomic mass is 10.1. The van der Waals surface area contributed by atoms with E-state index in [0.29, 0.717) is 28.0 Å². The van der Waals surface area contributed by atoms with Crippen molar-refractivity contribution in [2.24, 2.45) is 0 Å². The maximum absolute atomic E-state index is 11.0. The van der Waals surface area contributed by atoms with Gasteiger partial charge in [0, 0.05) is 5.02 Å². The van der Waals surface area contributed by atoms with Gasteiger partial charge in [0.25, 0.3) is 0 Å². The van der Waals surface area contributed by atoms with E-state index in [4.69, 9.17) is 11.6 Å². The van der Waals surface area contributed by atoms with Crippen LogP contribution >= 0.6 is 11.6 Å². The van der Waals surface area contributed by atoms with Gasteiger partial charge in [-0.1, -0.05) is 11.6 Å². The van der Waals surface area contributed by atoms with Crippen molar-refractivity contribution in [2.45, 2.75) is 6.92 Å². The molecule has 3 rings (SSSR count). The van der Waals surface area contributed by atoms with E-state index in [0.717, 1.165) is 5.56 Å². The van der Waals surface area contributed by atoms with E-state index in [-0.39, 0.29) is 11.3 Å². The van der Waals surface area contributed by atoms with E-state index >= 15 is 0 Å². The Bertz CT molecular complexity index is 827. The predicted octanol–water partition coefficient (Wildman–Crippen LogP) is 2.90. The lowest BCUT2D eigenvalue weighted by Gasteiger charge is -2.06. The largest absolute Gasteiger partial charge is 0.505 e. The van der Waals surface area contributed by atoms with Gasteiger partial charge in [0.15, 0.2) is 12.0 Å². The Kier molecular flexibility index (Phi) is 2.91. The molecule has 1 N–H and O–H groups in total. The van der Waals surface area contributed by atoms with E-state index in [9.17, 15) is 9.90 Å². The first-order chi connectivity index (χ1) is 9.58. The van der Waals surface area contributed by atoms with E-state index in [1.54, 1.807) is 30.3 Å². The monoisotopic (exact) mass is 287 g/mol. The molecule has 0 fully saturated rings. The first-order valence-corrected chi connectivity index (χ1v) is 6.28. The molecule has 0 spiro atoms. The Morgan fingerprint density at radius 3 is 2.70 bits per heavy atom. The molecular weight excluding hydrogens is 278 g/mol. The third-order valence-corrected chi connectivity index (χ3v) is 3.18. The molecule has 0 bridgehead atoms. The van der Waals surface area contributed by atoms with Gasteiger partial charge >= 0.3 is 0 Å². The topological polar surface area (TPSA) is 68.0 Å². The minimum Gasteiger partial charge on any atom is -0.505 e. The molecule has 0 saturated carbocycles. The van der Waals surface area contributed by atoms with Crippen molar-refractivity contribution in [2.75, 3.05) is 0 Å². The standard InChI is InChI=1S/C14H10ClN3O2/c1-8-4-9(7-19)14(20)13(5-8)18-16-11-3-2-10(15)6-12(11)17-18/h2-7,20H,1H3. The SMILES string of the molecule is Cc1cc(C=O)c(O)c(-n2nc3ccc(Cl)cc3n2)c1. The smallest absolute Gasteiger partial charge is 0.153 e. The highest BCUT2D eigenvalue weighted by atomic mass is 35.5. The number of carbonyl (C=O) groups excluding carboxylic acids is 1. The molecule has 0 saturated heterocycles. The highest BCUT2D eigenvalue weighted by molar-refractivity contribution is 6.31. The summed E-state index contributed by atoms with van der Waals surface area (Å²) in [6.45, 7) is 1.83. The van der Waals surface area contributed by atoms with Gasteiger partial charge in [-0.25, -0.2) is 0 Å². The summed E-state index contributed by atoms with van der Waals surface area (Å²) < 4.78 is 0. The molecule has 1 heterocycles. The first kappa shape index (κ1) is 12.6. The minimum absolute atomic E-state index is 0.142. The zero-order chi connectivity index (χ0) is 14.3. The number of aromatic nitrogens is 3. The van der Waals surface area contributed by atoms with Gasteiger partial charge in [0.1, 0.15) is 16.7 Å². The normalized spacial score (nSPS) is 10.9. The van der Waals surface area contributed by atoms with Crippen molar-refractivity contribution in [3.05, 3.63) is 46.5 Å². The summed E-state index contributed by atoms with van der Waals surface area (Å²) in [7, 11) is 0. The summed E-state index contributed by atoms with van der Waals surface area (Å²) >= 11 is 5.91. The second kappa shape index (κ2) is 4.61. The van der Waals surface area contributed by atoms with E-state index in [1.165, 1.54) is 4.80 Å². The number of benzene rings is 2. The van der Waals surface area contributed by atoms with E-state index in [2.05, 4.69) is 10.2 Å². The van der Waals surface area contributed by atoms with Crippen LogP contribution < -0.4 is 0 Å². The zero-order valence-corrected chi connectivity index (χ0v) is 11.3. The second-order valence-electron chi connectivity index (χ2n) is 4.46. The molecule has 6 heteroatoms. The molecule has 0 aliphatic heterocycles. The quantitative estimate of drug-likeness (QED) is 0.736. The van der Waals surface area contributed by atoms with E-state index in [1.807, 2.05) is 6.92 Å². The van der Waals surface area contributed by atoms with Crippen molar-refractivity contribution >= 4 is 28.9 Å². The zero-order valence-electron chi connectivity index (χ0n) is 10.5. The summed E-state index contributed by atoms with van der Waals surface area (Å²) in [4.78, 5) is 12.3. The van der Waals surface area contributed by atoms with Gasteiger partial charge in [0.05, 0.1) is 5.56 Å². The number of fused-ring (bicyclic) bond motifs is 1. The summed E-state index contributed by atoms with van der Waals surface area (Å²) in [6.07, 6.45) is 0.603. The highest BCUT2D eigenvalue weighted by Gasteiger charge is 2.13.